The van der Waals surface area contributed by atoms with Gasteiger partial charge in [-0.2, -0.15) is 19.6 Å². The molecule has 2 aliphatic carbocycles. The van der Waals surface area contributed by atoms with Gasteiger partial charge in [0.1, 0.15) is 0 Å². The summed E-state index contributed by atoms with van der Waals surface area (Å²) in [5.74, 6) is -0.0942. The van der Waals surface area contributed by atoms with E-state index >= 15 is 0 Å². The molecule has 1 heterocycles. The molecule has 18 heavy (non-hydrogen) atoms. The van der Waals surface area contributed by atoms with Gasteiger partial charge in [0.25, 0.3) is 0 Å². The zero-order valence-electron chi connectivity index (χ0n) is 11.4. The highest BCUT2D eigenvalue weighted by atomic mass is 17.4. The molecule has 0 radical (unpaired) electrons. The number of hydrogen-bond acceptors (Lipinski definition) is 4. The van der Waals surface area contributed by atoms with Crippen LogP contribution in [-0.2, 0) is 19.6 Å². The predicted molar refractivity (Wildman–Crippen MR) is 65.1 cm³/mol. The van der Waals surface area contributed by atoms with Crippen molar-refractivity contribution in [2.75, 3.05) is 0 Å². The van der Waals surface area contributed by atoms with Crippen LogP contribution in [0.5, 0.6) is 0 Å². The fourth-order valence-corrected chi connectivity index (χ4v) is 3.54. The molecule has 0 aromatic heterocycles. The Balaban J connectivity index is 1.63. The minimum absolute atomic E-state index is 0.602. The van der Waals surface area contributed by atoms with E-state index in [0.717, 1.165) is 38.5 Å². The van der Waals surface area contributed by atoms with E-state index in [1.165, 1.54) is 12.8 Å². The highest BCUT2D eigenvalue weighted by molar-refractivity contribution is 4.82. The Hall–Kier alpha value is -0.160. The Kier molecular flexibility index (Phi) is 3.39. The number of hydrogen-bond donors (Lipinski definition) is 0. The van der Waals surface area contributed by atoms with Crippen LogP contribution in [0.4, 0.5) is 0 Å². The second kappa shape index (κ2) is 4.75. The van der Waals surface area contributed by atoms with Crippen molar-refractivity contribution in [3.05, 3.63) is 0 Å². The van der Waals surface area contributed by atoms with Crippen LogP contribution in [-0.4, -0.2) is 11.6 Å². The molecule has 0 unspecified atom stereocenters. The Labute approximate surface area is 109 Å². The van der Waals surface area contributed by atoms with Crippen LogP contribution in [0.2, 0.25) is 0 Å². The number of rotatable bonds is 0. The highest BCUT2D eigenvalue weighted by Crippen LogP contribution is 2.46. The monoisotopic (exact) mass is 256 g/mol. The Morgan fingerprint density at radius 3 is 1.44 bits per heavy atom. The largest absolute Gasteiger partial charge is 0.234 e. The molecule has 3 rings (SSSR count). The summed E-state index contributed by atoms with van der Waals surface area (Å²) in [6, 6.07) is 0. The Morgan fingerprint density at radius 2 is 1.11 bits per heavy atom. The standard InChI is InChI=1S/C14H24O4/c1-11-5-3-7-13(9-11)15-17-14(18-16-13)8-4-6-12(2)10-14/h11-12H,3-10H2,1-2H3/t11-,12-,13?,14?/m0/s1. The summed E-state index contributed by atoms with van der Waals surface area (Å²) in [4.78, 5) is 22.7. The van der Waals surface area contributed by atoms with Gasteiger partial charge in [0.2, 0.25) is 11.6 Å². The summed E-state index contributed by atoms with van der Waals surface area (Å²) in [6.45, 7) is 4.45. The zero-order chi connectivity index (χ0) is 12.6. The van der Waals surface area contributed by atoms with Gasteiger partial charge >= 0.3 is 0 Å². The lowest BCUT2D eigenvalue weighted by molar-refractivity contribution is -0.664. The molecule has 3 aliphatic rings. The van der Waals surface area contributed by atoms with Crippen molar-refractivity contribution in [3.8, 4) is 0 Å². The normalized spacial score (nSPS) is 49.7. The van der Waals surface area contributed by atoms with Crippen molar-refractivity contribution in [2.24, 2.45) is 11.8 Å². The van der Waals surface area contributed by atoms with Gasteiger partial charge in [-0.25, -0.2) is 0 Å². The van der Waals surface area contributed by atoms with E-state index < -0.39 is 11.6 Å². The predicted octanol–water partition coefficient (Wildman–Crippen LogP) is 3.71. The molecule has 0 aromatic carbocycles. The second-order valence-electron chi connectivity index (χ2n) is 6.56. The van der Waals surface area contributed by atoms with Gasteiger partial charge in [-0.05, 0) is 24.7 Å². The SMILES string of the molecule is C[C@H]1CCCC2(C1)OOC1(CCC[C@H](C)C1)OO2. The van der Waals surface area contributed by atoms with E-state index in [-0.39, 0.29) is 0 Å². The second-order valence-corrected chi connectivity index (χ2v) is 6.56. The molecule has 1 aliphatic heterocycles. The molecule has 0 bridgehead atoms. The van der Waals surface area contributed by atoms with Gasteiger partial charge < -0.3 is 0 Å². The third kappa shape index (κ3) is 2.44. The van der Waals surface area contributed by atoms with Crippen LogP contribution in [0, 0.1) is 11.8 Å². The van der Waals surface area contributed by atoms with Crippen molar-refractivity contribution in [3.63, 3.8) is 0 Å². The first-order valence-electron chi connectivity index (χ1n) is 7.35. The van der Waals surface area contributed by atoms with Crippen LogP contribution in [0.25, 0.3) is 0 Å². The van der Waals surface area contributed by atoms with Gasteiger partial charge in [-0.15, -0.1) is 0 Å². The van der Waals surface area contributed by atoms with Gasteiger partial charge in [-0.3, -0.25) is 0 Å². The molecule has 2 atom stereocenters. The van der Waals surface area contributed by atoms with Gasteiger partial charge in [0.05, 0.1) is 0 Å². The first kappa shape index (κ1) is 12.9. The van der Waals surface area contributed by atoms with Gasteiger partial charge in [0, 0.05) is 25.7 Å². The van der Waals surface area contributed by atoms with Crippen molar-refractivity contribution in [1.29, 1.82) is 0 Å². The van der Waals surface area contributed by atoms with Crippen molar-refractivity contribution in [2.45, 2.75) is 76.8 Å². The lowest BCUT2D eigenvalue weighted by Gasteiger charge is -2.47. The maximum Gasteiger partial charge on any atom is 0.234 e. The van der Waals surface area contributed by atoms with Crippen LogP contribution >= 0.6 is 0 Å². The summed E-state index contributed by atoms with van der Waals surface area (Å²) in [5.41, 5.74) is 0. The van der Waals surface area contributed by atoms with Crippen molar-refractivity contribution < 1.29 is 19.6 Å². The fraction of sp³-hybridized carbons (Fsp3) is 1.00. The van der Waals surface area contributed by atoms with Crippen LogP contribution in [0.15, 0.2) is 0 Å². The molecule has 0 aromatic rings. The molecule has 0 N–H and O–H groups in total. The zero-order valence-corrected chi connectivity index (χ0v) is 11.4. The van der Waals surface area contributed by atoms with Crippen molar-refractivity contribution >= 4 is 0 Å². The summed E-state index contributed by atoms with van der Waals surface area (Å²) >= 11 is 0. The lowest BCUT2D eigenvalue weighted by Crippen LogP contribution is -2.53. The average Bonchev–Trinajstić information content (AvgIpc) is 2.34. The van der Waals surface area contributed by atoms with E-state index in [9.17, 15) is 0 Å². The van der Waals surface area contributed by atoms with Crippen LogP contribution in [0.1, 0.15) is 65.2 Å². The fourth-order valence-electron chi connectivity index (χ4n) is 3.54. The third-order valence-corrected chi connectivity index (χ3v) is 4.52. The first-order chi connectivity index (χ1) is 8.62. The Bertz CT molecular complexity index is 266. The Morgan fingerprint density at radius 1 is 0.722 bits per heavy atom. The maximum atomic E-state index is 5.67. The summed E-state index contributed by atoms with van der Waals surface area (Å²) in [7, 11) is 0. The van der Waals surface area contributed by atoms with E-state index in [2.05, 4.69) is 13.8 Å². The molecule has 4 nitrogen and oxygen atoms in total. The molecule has 104 valence electrons. The molecule has 2 spiro atoms. The molecule has 1 saturated heterocycles. The lowest BCUT2D eigenvalue weighted by atomic mass is 9.85. The minimum atomic E-state index is -0.649. The van der Waals surface area contributed by atoms with Gasteiger partial charge in [-0.1, -0.05) is 26.7 Å². The molecular weight excluding hydrogens is 232 g/mol. The smallest absolute Gasteiger partial charge is 0.195 e. The average molecular weight is 256 g/mol. The summed E-state index contributed by atoms with van der Waals surface area (Å²) in [5, 5.41) is 0. The summed E-state index contributed by atoms with van der Waals surface area (Å²) < 4.78 is 0. The van der Waals surface area contributed by atoms with Crippen molar-refractivity contribution in [1.82, 2.24) is 0 Å². The maximum absolute atomic E-state index is 5.67. The molecular formula is C14H24O4. The molecule has 3 fully saturated rings. The molecule has 0 amide bonds. The molecule has 2 saturated carbocycles. The van der Waals surface area contributed by atoms with E-state index in [0.29, 0.717) is 11.8 Å². The minimum Gasteiger partial charge on any atom is -0.195 e. The first-order valence-corrected chi connectivity index (χ1v) is 7.35. The topological polar surface area (TPSA) is 36.9 Å². The molecule has 4 heteroatoms. The van der Waals surface area contributed by atoms with E-state index in [4.69, 9.17) is 19.6 Å². The van der Waals surface area contributed by atoms with Crippen LogP contribution in [0.3, 0.4) is 0 Å². The van der Waals surface area contributed by atoms with Crippen LogP contribution < -0.4 is 0 Å². The highest BCUT2D eigenvalue weighted by Gasteiger charge is 2.51. The third-order valence-electron chi connectivity index (χ3n) is 4.52. The summed E-state index contributed by atoms with van der Waals surface area (Å²) in [6.07, 6.45) is 8.13. The van der Waals surface area contributed by atoms with E-state index in [1.54, 1.807) is 0 Å². The quantitative estimate of drug-likeness (QED) is 0.619. The van der Waals surface area contributed by atoms with E-state index in [1.807, 2.05) is 0 Å². The van der Waals surface area contributed by atoms with Gasteiger partial charge in [0.15, 0.2) is 0 Å².